The van der Waals surface area contributed by atoms with Crippen LogP contribution in [-0.4, -0.2) is 41.1 Å². The number of rotatable bonds is 6. The van der Waals surface area contributed by atoms with Crippen LogP contribution >= 0.6 is 0 Å². The Labute approximate surface area is 215 Å². The number of carbonyl (C=O) groups is 1. The number of hydrogen-bond donors (Lipinski definition) is 4. The summed E-state index contributed by atoms with van der Waals surface area (Å²) in [7, 11) is 0. The second-order valence-electron chi connectivity index (χ2n) is 8.93. The van der Waals surface area contributed by atoms with Crippen LogP contribution in [0, 0.1) is 5.82 Å². The molecule has 10 heteroatoms. The predicted molar refractivity (Wildman–Crippen MR) is 143 cm³/mol. The van der Waals surface area contributed by atoms with Crippen molar-refractivity contribution >= 4 is 33.5 Å². The number of phenolic OH excluding ortho intramolecular Hbond substituents is 1. The molecule has 188 valence electrons. The Morgan fingerprint density at radius 1 is 1.00 bits per heavy atom. The minimum atomic E-state index is -0.566. The second kappa shape index (κ2) is 9.40. The average molecular weight is 508 g/mol. The van der Waals surface area contributed by atoms with Crippen molar-refractivity contribution in [2.24, 2.45) is 0 Å². The van der Waals surface area contributed by atoms with Crippen LogP contribution in [0.25, 0.3) is 55.8 Å². The molecule has 9 nitrogen and oxygen atoms in total. The van der Waals surface area contributed by atoms with Crippen LogP contribution in [0.2, 0.25) is 0 Å². The van der Waals surface area contributed by atoms with Gasteiger partial charge in [-0.3, -0.25) is 19.9 Å². The van der Waals surface area contributed by atoms with E-state index in [1.165, 1.54) is 12.1 Å². The number of nitrogens with one attached hydrogen (secondary N) is 3. The number of benzene rings is 2. The van der Waals surface area contributed by atoms with E-state index in [1.54, 1.807) is 24.7 Å². The van der Waals surface area contributed by atoms with Gasteiger partial charge in [0.05, 0.1) is 28.6 Å². The average Bonchev–Trinajstić information content (AvgIpc) is 3.52. The molecule has 0 atom stereocenters. The SMILES string of the molecule is CCCC(=O)Nc1cncc(-c2ccc3[nH]nc(-c4nc5c(-c6cc(O)cc(F)c6)nccc5[nH]4)c3c2)c1. The van der Waals surface area contributed by atoms with E-state index in [0.29, 0.717) is 45.9 Å². The molecule has 0 saturated heterocycles. The third kappa shape index (κ3) is 4.32. The molecule has 0 radical (unpaired) electrons. The summed E-state index contributed by atoms with van der Waals surface area (Å²) in [6.07, 6.45) is 6.18. The summed E-state index contributed by atoms with van der Waals surface area (Å²) in [6, 6.07) is 13.3. The van der Waals surface area contributed by atoms with Gasteiger partial charge in [0, 0.05) is 41.4 Å². The number of amides is 1. The molecular formula is C28H22FN7O2. The fourth-order valence-electron chi connectivity index (χ4n) is 4.46. The van der Waals surface area contributed by atoms with E-state index in [1.807, 2.05) is 31.2 Å². The first-order valence-corrected chi connectivity index (χ1v) is 12.1. The molecular weight excluding hydrogens is 485 g/mol. The van der Waals surface area contributed by atoms with Crippen LogP contribution in [0.1, 0.15) is 19.8 Å². The second-order valence-corrected chi connectivity index (χ2v) is 8.93. The van der Waals surface area contributed by atoms with E-state index < -0.39 is 5.82 Å². The van der Waals surface area contributed by atoms with Gasteiger partial charge < -0.3 is 15.4 Å². The van der Waals surface area contributed by atoms with E-state index in [9.17, 15) is 14.3 Å². The molecule has 4 N–H and O–H groups in total. The van der Waals surface area contributed by atoms with Crippen molar-refractivity contribution in [2.75, 3.05) is 5.32 Å². The summed E-state index contributed by atoms with van der Waals surface area (Å²) in [5.74, 6) is -0.295. The number of aromatic nitrogens is 6. The Kier molecular flexibility index (Phi) is 5.76. The molecule has 4 aromatic heterocycles. The van der Waals surface area contributed by atoms with Crippen LogP contribution in [0.15, 0.2) is 67.1 Å². The first kappa shape index (κ1) is 23.3. The largest absolute Gasteiger partial charge is 0.508 e. The van der Waals surface area contributed by atoms with Crippen molar-refractivity contribution in [3.8, 4) is 39.7 Å². The van der Waals surface area contributed by atoms with Gasteiger partial charge in [-0.1, -0.05) is 13.0 Å². The molecule has 1 amide bonds. The Morgan fingerprint density at radius 2 is 1.89 bits per heavy atom. The highest BCUT2D eigenvalue weighted by molar-refractivity contribution is 5.98. The van der Waals surface area contributed by atoms with Gasteiger partial charge in [-0.15, -0.1) is 0 Å². The first-order chi connectivity index (χ1) is 18.5. The molecule has 0 aliphatic heterocycles. The molecule has 0 bridgehead atoms. The minimum absolute atomic E-state index is 0.0498. The maximum Gasteiger partial charge on any atom is 0.224 e. The zero-order valence-corrected chi connectivity index (χ0v) is 20.3. The van der Waals surface area contributed by atoms with Crippen molar-refractivity contribution in [1.82, 2.24) is 30.1 Å². The standard InChI is InChI=1S/C28H22FN7O2/c1-2-3-24(38)32-19-9-17(13-30-14-19)15-4-5-22-21(11-15)26(36-35-22)28-33-23-6-7-31-25(27(23)34-28)16-8-18(29)12-20(37)10-16/h4-14,37H,2-3H2,1H3,(H,32,38)(H,33,34)(H,35,36). The number of pyridine rings is 2. The maximum absolute atomic E-state index is 14.0. The Balaban J connectivity index is 1.41. The summed E-state index contributed by atoms with van der Waals surface area (Å²) >= 11 is 0. The molecule has 2 aromatic carbocycles. The van der Waals surface area contributed by atoms with Crippen molar-refractivity contribution < 1.29 is 14.3 Å². The maximum atomic E-state index is 14.0. The van der Waals surface area contributed by atoms with Crippen LogP contribution in [0.4, 0.5) is 10.1 Å². The zero-order valence-electron chi connectivity index (χ0n) is 20.3. The topological polar surface area (TPSA) is 132 Å². The number of fused-ring (bicyclic) bond motifs is 2. The highest BCUT2D eigenvalue weighted by Crippen LogP contribution is 2.33. The number of nitrogens with zero attached hydrogens (tertiary/aromatic N) is 4. The fraction of sp³-hybridized carbons (Fsp3) is 0.107. The molecule has 0 saturated carbocycles. The van der Waals surface area contributed by atoms with Gasteiger partial charge in [0.25, 0.3) is 0 Å². The number of aromatic hydroxyl groups is 1. The molecule has 38 heavy (non-hydrogen) atoms. The Bertz CT molecular complexity index is 1810. The van der Waals surface area contributed by atoms with Crippen molar-refractivity contribution in [3.05, 3.63) is 72.9 Å². The number of hydrogen-bond acceptors (Lipinski definition) is 6. The van der Waals surface area contributed by atoms with Crippen molar-refractivity contribution in [1.29, 1.82) is 0 Å². The molecule has 4 heterocycles. The molecule has 6 aromatic rings. The van der Waals surface area contributed by atoms with E-state index in [2.05, 4.69) is 30.5 Å². The lowest BCUT2D eigenvalue weighted by Gasteiger charge is -2.07. The van der Waals surface area contributed by atoms with Gasteiger partial charge in [-0.2, -0.15) is 5.10 Å². The Hall–Kier alpha value is -5.12. The third-order valence-corrected chi connectivity index (χ3v) is 6.18. The molecule has 0 aliphatic carbocycles. The number of imidazole rings is 1. The lowest BCUT2D eigenvalue weighted by molar-refractivity contribution is -0.116. The predicted octanol–water partition coefficient (Wildman–Crippen LogP) is 5.81. The van der Waals surface area contributed by atoms with Crippen LogP contribution in [0.3, 0.4) is 0 Å². The van der Waals surface area contributed by atoms with Gasteiger partial charge >= 0.3 is 0 Å². The Morgan fingerprint density at radius 3 is 2.74 bits per heavy atom. The summed E-state index contributed by atoms with van der Waals surface area (Å²) < 4.78 is 14.0. The zero-order chi connectivity index (χ0) is 26.2. The normalized spacial score (nSPS) is 11.3. The van der Waals surface area contributed by atoms with Crippen LogP contribution in [0.5, 0.6) is 5.75 Å². The summed E-state index contributed by atoms with van der Waals surface area (Å²) in [5.41, 5.74) is 5.87. The van der Waals surface area contributed by atoms with E-state index >= 15 is 0 Å². The van der Waals surface area contributed by atoms with Crippen LogP contribution < -0.4 is 5.32 Å². The monoisotopic (exact) mass is 507 g/mol. The smallest absolute Gasteiger partial charge is 0.224 e. The fourth-order valence-corrected chi connectivity index (χ4v) is 4.46. The van der Waals surface area contributed by atoms with E-state index in [-0.39, 0.29) is 11.7 Å². The van der Waals surface area contributed by atoms with Crippen molar-refractivity contribution in [3.63, 3.8) is 0 Å². The number of anilines is 1. The summed E-state index contributed by atoms with van der Waals surface area (Å²) in [6.45, 7) is 1.96. The molecule has 6 rings (SSSR count). The lowest BCUT2D eigenvalue weighted by Crippen LogP contribution is -2.10. The van der Waals surface area contributed by atoms with Gasteiger partial charge in [-0.05, 0) is 48.4 Å². The highest BCUT2D eigenvalue weighted by Gasteiger charge is 2.17. The van der Waals surface area contributed by atoms with Gasteiger partial charge in [-0.25, -0.2) is 9.37 Å². The minimum Gasteiger partial charge on any atom is -0.508 e. The molecule has 0 unspecified atom stereocenters. The molecule has 0 spiro atoms. The van der Waals surface area contributed by atoms with Crippen molar-refractivity contribution in [2.45, 2.75) is 19.8 Å². The number of H-pyrrole nitrogens is 2. The number of aromatic amines is 2. The van der Waals surface area contributed by atoms with Crippen LogP contribution in [-0.2, 0) is 4.79 Å². The summed E-state index contributed by atoms with van der Waals surface area (Å²) in [4.78, 5) is 28.7. The van der Waals surface area contributed by atoms with E-state index in [4.69, 9.17) is 4.98 Å². The lowest BCUT2D eigenvalue weighted by atomic mass is 10.0. The van der Waals surface area contributed by atoms with E-state index in [0.717, 1.165) is 34.5 Å². The van der Waals surface area contributed by atoms with Gasteiger partial charge in [0.15, 0.2) is 5.82 Å². The summed E-state index contributed by atoms with van der Waals surface area (Å²) in [5, 5.41) is 21.1. The first-order valence-electron chi connectivity index (χ1n) is 12.1. The quantitative estimate of drug-likeness (QED) is 0.225. The number of carbonyl (C=O) groups excluding carboxylic acids is 1. The van der Waals surface area contributed by atoms with Gasteiger partial charge in [0.1, 0.15) is 22.8 Å². The third-order valence-electron chi connectivity index (χ3n) is 6.18. The molecule has 0 fully saturated rings. The van der Waals surface area contributed by atoms with Gasteiger partial charge in [0.2, 0.25) is 5.91 Å². The highest BCUT2D eigenvalue weighted by atomic mass is 19.1. The number of halogens is 1. The molecule has 0 aliphatic rings. The number of phenols is 1.